The molecule has 0 fully saturated rings. The van der Waals surface area contributed by atoms with E-state index in [1.54, 1.807) is 7.11 Å². The Labute approximate surface area is 109 Å². The van der Waals surface area contributed by atoms with Gasteiger partial charge in [0.1, 0.15) is 0 Å². The van der Waals surface area contributed by atoms with Crippen molar-refractivity contribution in [3.8, 4) is 0 Å². The number of hydrogen-bond donors (Lipinski definition) is 1. The summed E-state index contributed by atoms with van der Waals surface area (Å²) in [6.45, 7) is 5.51. The zero-order valence-corrected chi connectivity index (χ0v) is 11.4. The second kappa shape index (κ2) is 6.88. The molecule has 2 rings (SSSR count). The van der Waals surface area contributed by atoms with E-state index >= 15 is 0 Å². The summed E-state index contributed by atoms with van der Waals surface area (Å²) < 4.78 is 10.6. The zero-order chi connectivity index (χ0) is 12.8. The quantitative estimate of drug-likeness (QED) is 0.754. The molecule has 0 radical (unpaired) electrons. The molecule has 0 amide bonds. The molecule has 0 saturated heterocycles. The van der Waals surface area contributed by atoms with Crippen LogP contribution in [0.25, 0.3) is 0 Å². The molecule has 0 aromatic heterocycles. The van der Waals surface area contributed by atoms with Crippen molar-refractivity contribution >= 4 is 0 Å². The summed E-state index contributed by atoms with van der Waals surface area (Å²) in [5, 5.41) is 3.55. The van der Waals surface area contributed by atoms with Crippen molar-refractivity contribution in [2.75, 3.05) is 20.3 Å². The van der Waals surface area contributed by atoms with Crippen LogP contribution in [-0.2, 0) is 22.7 Å². The van der Waals surface area contributed by atoms with Gasteiger partial charge in [0.25, 0.3) is 0 Å². The smallest absolute Gasteiger partial charge is 0.0725 e. The van der Waals surface area contributed by atoms with Crippen molar-refractivity contribution in [3.05, 3.63) is 34.9 Å². The fraction of sp³-hybridized carbons (Fsp3) is 0.600. The van der Waals surface area contributed by atoms with Crippen molar-refractivity contribution in [3.63, 3.8) is 0 Å². The predicted molar refractivity (Wildman–Crippen MR) is 72.5 cm³/mol. The molecule has 0 spiro atoms. The molecule has 1 aromatic rings. The van der Waals surface area contributed by atoms with E-state index in [0.29, 0.717) is 6.04 Å². The molecule has 1 atom stereocenters. The van der Waals surface area contributed by atoms with Gasteiger partial charge in [0.05, 0.1) is 13.2 Å². The van der Waals surface area contributed by atoms with Gasteiger partial charge in [0.15, 0.2) is 0 Å². The summed E-state index contributed by atoms with van der Waals surface area (Å²) in [7, 11) is 1.76. The molecule has 0 aliphatic carbocycles. The number of rotatable bonds is 7. The van der Waals surface area contributed by atoms with E-state index in [2.05, 4.69) is 30.4 Å². The van der Waals surface area contributed by atoms with E-state index in [9.17, 15) is 0 Å². The van der Waals surface area contributed by atoms with E-state index in [1.807, 2.05) is 0 Å². The van der Waals surface area contributed by atoms with Crippen molar-refractivity contribution in [1.29, 1.82) is 0 Å². The number of nitrogens with one attached hydrogen (secondary N) is 1. The molecule has 1 heterocycles. The minimum absolute atomic E-state index is 0.427. The Morgan fingerprint density at radius 1 is 1.33 bits per heavy atom. The van der Waals surface area contributed by atoms with Gasteiger partial charge in [-0.15, -0.1) is 0 Å². The van der Waals surface area contributed by atoms with Crippen molar-refractivity contribution < 1.29 is 9.47 Å². The van der Waals surface area contributed by atoms with Gasteiger partial charge in [-0.05, 0) is 36.1 Å². The molecule has 1 N–H and O–H groups in total. The second-order valence-corrected chi connectivity index (χ2v) is 4.77. The molecule has 1 aliphatic heterocycles. The van der Waals surface area contributed by atoms with Crippen LogP contribution in [0.15, 0.2) is 18.2 Å². The molecule has 1 aliphatic rings. The van der Waals surface area contributed by atoms with E-state index in [-0.39, 0.29) is 0 Å². The Morgan fingerprint density at radius 3 is 2.94 bits per heavy atom. The minimum atomic E-state index is 0.427. The first-order valence-electron chi connectivity index (χ1n) is 6.77. The summed E-state index contributed by atoms with van der Waals surface area (Å²) in [5.41, 5.74) is 4.06. The highest BCUT2D eigenvalue weighted by Gasteiger charge is 2.15. The van der Waals surface area contributed by atoms with Crippen LogP contribution in [0.2, 0.25) is 0 Å². The molecule has 3 nitrogen and oxygen atoms in total. The van der Waals surface area contributed by atoms with Gasteiger partial charge in [-0.1, -0.05) is 25.1 Å². The largest absolute Gasteiger partial charge is 0.385 e. The molecule has 100 valence electrons. The number of hydrogen-bond acceptors (Lipinski definition) is 3. The normalized spacial score (nSPS) is 15.7. The van der Waals surface area contributed by atoms with Gasteiger partial charge in [0.2, 0.25) is 0 Å². The van der Waals surface area contributed by atoms with Crippen LogP contribution < -0.4 is 5.32 Å². The summed E-state index contributed by atoms with van der Waals surface area (Å²) in [6.07, 6.45) is 2.20. The van der Waals surface area contributed by atoms with Crippen LogP contribution in [-0.4, -0.2) is 20.3 Å². The maximum atomic E-state index is 5.47. The number of benzene rings is 1. The summed E-state index contributed by atoms with van der Waals surface area (Å²) >= 11 is 0. The average Bonchev–Trinajstić information content (AvgIpc) is 2.85. The summed E-state index contributed by atoms with van der Waals surface area (Å²) in [6, 6.07) is 7.16. The predicted octanol–water partition coefficient (Wildman–Crippen LogP) is 2.79. The third-order valence-corrected chi connectivity index (χ3v) is 3.44. The highest BCUT2D eigenvalue weighted by atomic mass is 16.5. The fourth-order valence-electron chi connectivity index (χ4n) is 2.47. The topological polar surface area (TPSA) is 30.5 Å². The lowest BCUT2D eigenvalue weighted by atomic mass is 9.98. The zero-order valence-electron chi connectivity index (χ0n) is 11.4. The Kier molecular flexibility index (Phi) is 5.17. The molecule has 18 heavy (non-hydrogen) atoms. The van der Waals surface area contributed by atoms with E-state index < -0.39 is 0 Å². The van der Waals surface area contributed by atoms with E-state index in [0.717, 1.165) is 39.2 Å². The summed E-state index contributed by atoms with van der Waals surface area (Å²) in [5.74, 6) is 0. The highest BCUT2D eigenvalue weighted by molar-refractivity contribution is 5.34. The van der Waals surface area contributed by atoms with Gasteiger partial charge < -0.3 is 14.8 Å². The number of ether oxygens (including phenoxy) is 2. The Morgan fingerprint density at radius 2 is 2.17 bits per heavy atom. The van der Waals surface area contributed by atoms with Gasteiger partial charge in [0, 0.05) is 19.8 Å². The van der Waals surface area contributed by atoms with Gasteiger partial charge >= 0.3 is 0 Å². The molecule has 0 bridgehead atoms. The van der Waals surface area contributed by atoms with Crippen LogP contribution in [0.1, 0.15) is 42.5 Å². The standard InChI is InChI=1S/C15H23NO2/c1-3-16-15(5-4-8-17-2)12-6-7-13-10-18-11-14(13)9-12/h6-7,9,15-16H,3-5,8,10-11H2,1-2H3. The van der Waals surface area contributed by atoms with Crippen molar-refractivity contribution in [2.45, 2.75) is 39.0 Å². The van der Waals surface area contributed by atoms with Crippen LogP contribution in [0.4, 0.5) is 0 Å². The first-order valence-corrected chi connectivity index (χ1v) is 6.77. The minimum Gasteiger partial charge on any atom is -0.385 e. The summed E-state index contributed by atoms with van der Waals surface area (Å²) in [4.78, 5) is 0. The van der Waals surface area contributed by atoms with Gasteiger partial charge in [-0.25, -0.2) is 0 Å². The van der Waals surface area contributed by atoms with E-state index in [1.165, 1.54) is 16.7 Å². The average molecular weight is 249 g/mol. The Bertz CT molecular complexity index is 379. The Hall–Kier alpha value is -0.900. The first kappa shape index (κ1) is 13.5. The molecular formula is C15H23NO2. The lowest BCUT2D eigenvalue weighted by molar-refractivity contribution is 0.134. The third-order valence-electron chi connectivity index (χ3n) is 3.44. The molecule has 3 heteroatoms. The van der Waals surface area contributed by atoms with Crippen LogP contribution in [0.3, 0.4) is 0 Å². The SMILES string of the molecule is CCNC(CCCOC)c1ccc2c(c1)COC2. The number of methoxy groups -OCH3 is 1. The number of fused-ring (bicyclic) bond motifs is 1. The maximum Gasteiger partial charge on any atom is 0.0725 e. The van der Waals surface area contributed by atoms with E-state index in [4.69, 9.17) is 9.47 Å². The van der Waals surface area contributed by atoms with Gasteiger partial charge in [-0.2, -0.15) is 0 Å². The second-order valence-electron chi connectivity index (χ2n) is 4.77. The first-order chi connectivity index (χ1) is 8.85. The monoisotopic (exact) mass is 249 g/mol. The maximum absolute atomic E-state index is 5.47. The van der Waals surface area contributed by atoms with Crippen LogP contribution in [0, 0.1) is 0 Å². The van der Waals surface area contributed by atoms with Gasteiger partial charge in [-0.3, -0.25) is 0 Å². The lowest BCUT2D eigenvalue weighted by Gasteiger charge is -2.19. The van der Waals surface area contributed by atoms with Crippen molar-refractivity contribution in [2.24, 2.45) is 0 Å². The lowest BCUT2D eigenvalue weighted by Crippen LogP contribution is -2.21. The fourth-order valence-corrected chi connectivity index (χ4v) is 2.47. The highest BCUT2D eigenvalue weighted by Crippen LogP contribution is 2.26. The molecular weight excluding hydrogens is 226 g/mol. The van der Waals surface area contributed by atoms with Crippen LogP contribution >= 0.6 is 0 Å². The third kappa shape index (κ3) is 3.31. The molecule has 0 saturated carbocycles. The Balaban J connectivity index is 2.04. The molecule has 1 unspecified atom stereocenters. The molecule has 1 aromatic carbocycles. The van der Waals surface area contributed by atoms with Crippen LogP contribution in [0.5, 0.6) is 0 Å². The van der Waals surface area contributed by atoms with Crippen molar-refractivity contribution in [1.82, 2.24) is 5.32 Å².